The highest BCUT2D eigenvalue weighted by Crippen LogP contribution is 2.25. The number of aliphatic carboxylic acids is 1. The van der Waals surface area contributed by atoms with E-state index in [4.69, 9.17) is 10.4 Å². The van der Waals surface area contributed by atoms with Gasteiger partial charge in [-0.3, -0.25) is 9.20 Å². The van der Waals surface area contributed by atoms with Gasteiger partial charge >= 0.3 is 5.97 Å². The summed E-state index contributed by atoms with van der Waals surface area (Å²) in [6.45, 7) is 0. The van der Waals surface area contributed by atoms with Gasteiger partial charge in [0, 0.05) is 0 Å². The Bertz CT molecular complexity index is 856. The van der Waals surface area contributed by atoms with Crippen molar-refractivity contribution in [2.75, 3.05) is 0 Å². The first kappa shape index (κ1) is 11.7. The van der Waals surface area contributed by atoms with Crippen LogP contribution in [0, 0.1) is 11.3 Å². The molecule has 2 aromatic heterocycles. The summed E-state index contributed by atoms with van der Waals surface area (Å²) in [6, 6.07) is 7.24. The van der Waals surface area contributed by atoms with Gasteiger partial charge in [-0.1, -0.05) is 0 Å². The van der Waals surface area contributed by atoms with E-state index in [0.717, 1.165) is 5.52 Å². The summed E-state index contributed by atoms with van der Waals surface area (Å²) in [5.74, 6) is -0.366. The molecular formula is C12H7BrN4O2. The Kier molecular flexibility index (Phi) is 2.54. The molecular weight excluding hydrogens is 312 g/mol. The van der Waals surface area contributed by atoms with E-state index in [9.17, 15) is 4.79 Å². The van der Waals surface area contributed by atoms with Gasteiger partial charge in [0.2, 0.25) is 5.78 Å². The summed E-state index contributed by atoms with van der Waals surface area (Å²) in [4.78, 5) is 18.1. The lowest BCUT2D eigenvalue weighted by molar-refractivity contribution is -0.136. The maximum absolute atomic E-state index is 10.8. The fourth-order valence-corrected chi connectivity index (χ4v) is 2.62. The van der Waals surface area contributed by atoms with Gasteiger partial charge in [0.1, 0.15) is 4.60 Å². The predicted molar refractivity (Wildman–Crippen MR) is 70.8 cm³/mol. The number of hydrogen-bond acceptors (Lipinski definition) is 3. The highest BCUT2D eigenvalue weighted by molar-refractivity contribution is 9.10. The van der Waals surface area contributed by atoms with Crippen molar-refractivity contribution in [3.8, 4) is 6.07 Å². The standard InChI is InChI=1S/C12H7BrN4O2/c13-11-8(4-10(18)19)16-12-15-7-3-6(5-14)1-2-9(7)17(11)12/h1-3H,4H2,(H,15,16)(H,18,19). The van der Waals surface area contributed by atoms with Crippen molar-refractivity contribution in [1.29, 1.82) is 5.26 Å². The molecule has 0 unspecified atom stereocenters. The Morgan fingerprint density at radius 2 is 2.37 bits per heavy atom. The average molecular weight is 319 g/mol. The largest absolute Gasteiger partial charge is 0.481 e. The quantitative estimate of drug-likeness (QED) is 0.756. The summed E-state index contributed by atoms with van der Waals surface area (Å²) in [5, 5.41) is 17.7. The molecule has 2 heterocycles. The zero-order valence-corrected chi connectivity index (χ0v) is 11.1. The van der Waals surface area contributed by atoms with Crippen LogP contribution in [0.3, 0.4) is 0 Å². The Morgan fingerprint density at radius 3 is 3.05 bits per heavy atom. The van der Waals surface area contributed by atoms with Crippen molar-refractivity contribution in [2.24, 2.45) is 0 Å². The molecule has 0 aliphatic carbocycles. The Labute approximate surface area is 115 Å². The summed E-state index contributed by atoms with van der Waals surface area (Å²) >= 11 is 3.38. The number of carboxylic acid groups (broad SMARTS) is 1. The van der Waals surface area contributed by atoms with Crippen LogP contribution in [0.15, 0.2) is 22.8 Å². The van der Waals surface area contributed by atoms with Crippen LogP contribution in [0.1, 0.15) is 11.3 Å². The Morgan fingerprint density at radius 1 is 1.58 bits per heavy atom. The maximum atomic E-state index is 10.8. The fraction of sp³-hybridized carbons (Fsp3) is 0.0833. The van der Waals surface area contributed by atoms with E-state index >= 15 is 0 Å². The van der Waals surface area contributed by atoms with Crippen molar-refractivity contribution in [3.05, 3.63) is 34.1 Å². The highest BCUT2D eigenvalue weighted by atomic mass is 79.9. The van der Waals surface area contributed by atoms with E-state index in [1.165, 1.54) is 0 Å². The molecule has 0 amide bonds. The monoisotopic (exact) mass is 318 g/mol. The smallest absolute Gasteiger partial charge is 0.309 e. The first-order valence-corrected chi connectivity index (χ1v) is 6.20. The second-order valence-corrected chi connectivity index (χ2v) is 4.80. The molecule has 0 aliphatic rings. The van der Waals surface area contributed by atoms with Crippen LogP contribution >= 0.6 is 15.9 Å². The number of aromatic amines is 1. The van der Waals surface area contributed by atoms with Crippen LogP contribution in [-0.4, -0.2) is 25.4 Å². The van der Waals surface area contributed by atoms with E-state index in [0.29, 0.717) is 27.2 Å². The minimum Gasteiger partial charge on any atom is -0.481 e. The van der Waals surface area contributed by atoms with Crippen LogP contribution in [0.25, 0.3) is 16.8 Å². The minimum atomic E-state index is -0.915. The fourth-order valence-electron chi connectivity index (χ4n) is 2.02. The second kappa shape index (κ2) is 4.10. The molecule has 2 N–H and O–H groups in total. The predicted octanol–water partition coefficient (Wildman–Crippen LogP) is 2.08. The maximum Gasteiger partial charge on any atom is 0.309 e. The lowest BCUT2D eigenvalue weighted by Gasteiger charge is -1.96. The first-order valence-electron chi connectivity index (χ1n) is 5.40. The van der Waals surface area contributed by atoms with Crippen LogP contribution in [-0.2, 0) is 11.2 Å². The number of H-pyrrole nitrogens is 1. The molecule has 19 heavy (non-hydrogen) atoms. The molecule has 3 aromatic rings. The molecule has 0 spiro atoms. The van der Waals surface area contributed by atoms with Crippen LogP contribution < -0.4 is 0 Å². The zero-order chi connectivity index (χ0) is 13.6. The molecule has 0 fully saturated rings. The molecule has 6 nitrogen and oxygen atoms in total. The van der Waals surface area contributed by atoms with Crippen LogP contribution in [0.5, 0.6) is 0 Å². The number of carbonyl (C=O) groups is 1. The molecule has 0 saturated heterocycles. The van der Waals surface area contributed by atoms with E-state index in [-0.39, 0.29) is 6.42 Å². The van der Waals surface area contributed by atoms with Gasteiger partial charge in [-0.2, -0.15) is 5.26 Å². The van der Waals surface area contributed by atoms with Crippen molar-refractivity contribution in [3.63, 3.8) is 0 Å². The molecule has 7 heteroatoms. The highest BCUT2D eigenvalue weighted by Gasteiger charge is 2.16. The summed E-state index contributed by atoms with van der Waals surface area (Å²) < 4.78 is 2.42. The van der Waals surface area contributed by atoms with E-state index in [1.807, 2.05) is 0 Å². The van der Waals surface area contributed by atoms with Gasteiger partial charge in [0.25, 0.3) is 0 Å². The van der Waals surface area contributed by atoms with E-state index < -0.39 is 5.97 Å². The van der Waals surface area contributed by atoms with Crippen molar-refractivity contribution in [1.82, 2.24) is 14.4 Å². The third kappa shape index (κ3) is 1.77. The number of aromatic nitrogens is 3. The molecule has 1 aromatic carbocycles. The molecule has 0 radical (unpaired) electrons. The third-order valence-corrected chi connectivity index (χ3v) is 3.65. The minimum absolute atomic E-state index is 0.109. The number of rotatable bonds is 2. The van der Waals surface area contributed by atoms with Crippen LogP contribution in [0.4, 0.5) is 0 Å². The van der Waals surface area contributed by atoms with Crippen molar-refractivity contribution < 1.29 is 9.90 Å². The Hall–Kier alpha value is -2.33. The summed E-state index contributed by atoms with van der Waals surface area (Å²) in [6.07, 6.45) is -0.109. The lowest BCUT2D eigenvalue weighted by Crippen LogP contribution is -2.01. The van der Waals surface area contributed by atoms with Gasteiger partial charge < -0.3 is 10.1 Å². The molecule has 0 atom stereocenters. The number of fused-ring (bicyclic) bond motifs is 3. The molecule has 0 aliphatic heterocycles. The van der Waals surface area contributed by atoms with Crippen molar-refractivity contribution in [2.45, 2.75) is 6.42 Å². The van der Waals surface area contributed by atoms with Crippen molar-refractivity contribution >= 4 is 38.7 Å². The Balaban J connectivity index is 2.28. The SMILES string of the molecule is N#Cc1ccc2c(c1)nc1[nH]c(CC(=O)O)c(Br)n12. The number of imidazole rings is 2. The number of nitriles is 1. The second-order valence-electron chi connectivity index (χ2n) is 4.05. The van der Waals surface area contributed by atoms with Gasteiger partial charge in [-0.25, -0.2) is 4.98 Å². The topological polar surface area (TPSA) is 94.2 Å². The number of halogens is 1. The van der Waals surface area contributed by atoms with Gasteiger partial charge in [0.05, 0.1) is 34.8 Å². The molecule has 94 valence electrons. The average Bonchev–Trinajstić information content (AvgIpc) is 2.86. The lowest BCUT2D eigenvalue weighted by atomic mass is 10.2. The van der Waals surface area contributed by atoms with E-state index in [2.05, 4.69) is 32.0 Å². The zero-order valence-electron chi connectivity index (χ0n) is 9.51. The molecule has 3 rings (SSSR count). The summed E-state index contributed by atoms with van der Waals surface area (Å²) in [5.41, 5.74) is 2.60. The first-order chi connectivity index (χ1) is 9.10. The number of nitrogens with one attached hydrogen (secondary N) is 1. The van der Waals surface area contributed by atoms with Gasteiger partial charge in [-0.05, 0) is 34.1 Å². The van der Waals surface area contributed by atoms with Crippen LogP contribution in [0.2, 0.25) is 0 Å². The number of carboxylic acids is 1. The molecule has 0 saturated carbocycles. The number of nitrogens with zero attached hydrogens (tertiary/aromatic N) is 3. The van der Waals surface area contributed by atoms with Gasteiger partial charge in [-0.15, -0.1) is 0 Å². The number of benzene rings is 1. The third-order valence-electron chi connectivity index (χ3n) is 2.82. The van der Waals surface area contributed by atoms with E-state index in [1.54, 1.807) is 22.6 Å². The number of hydrogen-bond donors (Lipinski definition) is 2. The normalized spacial score (nSPS) is 10.9. The summed E-state index contributed by atoms with van der Waals surface area (Å²) in [7, 11) is 0. The van der Waals surface area contributed by atoms with Gasteiger partial charge in [0.15, 0.2) is 0 Å². The molecule has 0 bridgehead atoms.